The van der Waals surface area contributed by atoms with Crippen molar-refractivity contribution in [1.29, 1.82) is 0 Å². The summed E-state index contributed by atoms with van der Waals surface area (Å²) in [7, 11) is 1.61. The predicted octanol–water partition coefficient (Wildman–Crippen LogP) is 3.77. The minimum absolute atomic E-state index is 0.173. The molecule has 1 fully saturated rings. The summed E-state index contributed by atoms with van der Waals surface area (Å²) >= 11 is 0. The van der Waals surface area contributed by atoms with E-state index in [9.17, 15) is 9.18 Å². The number of ether oxygens (including phenoxy) is 3. The third kappa shape index (κ3) is 3.42. The number of hydrogen-bond donors (Lipinski definition) is 1. The minimum atomic E-state index is -0.767. The summed E-state index contributed by atoms with van der Waals surface area (Å²) in [6, 6.07) is 11.5. The van der Waals surface area contributed by atoms with Crippen molar-refractivity contribution in [1.82, 2.24) is 4.90 Å². The van der Waals surface area contributed by atoms with Crippen LogP contribution in [0.4, 0.5) is 14.9 Å². The van der Waals surface area contributed by atoms with Gasteiger partial charge in [-0.1, -0.05) is 24.3 Å². The molecule has 2 heterocycles. The summed E-state index contributed by atoms with van der Waals surface area (Å²) in [5.41, 5.74) is 1.12. The van der Waals surface area contributed by atoms with E-state index in [0.717, 1.165) is 5.56 Å². The number of nitrogens with zero attached hydrogens (tertiary/aromatic N) is 1. The van der Waals surface area contributed by atoms with E-state index < -0.39 is 11.6 Å². The van der Waals surface area contributed by atoms with Gasteiger partial charge in [0.25, 0.3) is 0 Å². The molecule has 0 unspecified atom stereocenters. The van der Waals surface area contributed by atoms with Gasteiger partial charge in [0.05, 0.1) is 19.4 Å². The molecule has 0 radical (unpaired) electrons. The number of carbonyl (C=O) groups excluding carboxylic acids is 1. The quantitative estimate of drug-likeness (QED) is 0.872. The van der Waals surface area contributed by atoms with Crippen molar-refractivity contribution >= 4 is 11.7 Å². The highest BCUT2D eigenvalue weighted by Crippen LogP contribution is 2.42. The number of nitrogens with one attached hydrogen (secondary N) is 1. The van der Waals surface area contributed by atoms with Gasteiger partial charge in [-0.05, 0) is 18.2 Å². The van der Waals surface area contributed by atoms with Gasteiger partial charge >= 0.3 is 6.03 Å². The van der Waals surface area contributed by atoms with Crippen LogP contribution in [-0.2, 0) is 11.3 Å². The molecule has 1 spiro atoms. The summed E-state index contributed by atoms with van der Waals surface area (Å²) in [5.74, 6) is 0.156. The molecular formula is C20H21FN2O4. The van der Waals surface area contributed by atoms with Crippen molar-refractivity contribution in [3.8, 4) is 11.5 Å². The summed E-state index contributed by atoms with van der Waals surface area (Å²) in [5, 5.41) is 2.62. The number of anilines is 1. The van der Waals surface area contributed by atoms with Crippen molar-refractivity contribution in [2.45, 2.75) is 25.2 Å². The molecule has 1 N–H and O–H groups in total. The second-order valence-corrected chi connectivity index (χ2v) is 6.65. The Morgan fingerprint density at radius 1 is 1.19 bits per heavy atom. The number of benzene rings is 2. The fourth-order valence-electron chi connectivity index (χ4n) is 3.43. The number of piperidine rings is 1. The average Bonchev–Trinajstić information content (AvgIpc) is 2.70. The fraction of sp³-hybridized carbons (Fsp3) is 0.350. The Bertz CT molecular complexity index is 835. The van der Waals surface area contributed by atoms with Crippen LogP contribution >= 0.6 is 0 Å². The Morgan fingerprint density at radius 3 is 2.70 bits per heavy atom. The Morgan fingerprint density at radius 2 is 1.96 bits per heavy atom. The van der Waals surface area contributed by atoms with Crippen LogP contribution in [0.2, 0.25) is 0 Å². The molecule has 0 atom stereocenters. The lowest BCUT2D eigenvalue weighted by Crippen LogP contribution is -2.53. The van der Waals surface area contributed by atoms with Crippen LogP contribution in [0.25, 0.3) is 0 Å². The number of urea groups is 1. The van der Waals surface area contributed by atoms with Crippen molar-refractivity contribution in [3.05, 3.63) is 53.8 Å². The maximum absolute atomic E-state index is 13.7. The number of carbonyl (C=O) groups is 1. The zero-order chi connectivity index (χ0) is 18.9. The van der Waals surface area contributed by atoms with Crippen LogP contribution in [-0.4, -0.2) is 36.9 Å². The zero-order valence-corrected chi connectivity index (χ0v) is 15.0. The van der Waals surface area contributed by atoms with Gasteiger partial charge in [-0.15, -0.1) is 0 Å². The summed E-state index contributed by atoms with van der Waals surface area (Å²) in [6.45, 7) is 1.34. The maximum atomic E-state index is 13.7. The average molecular weight is 372 g/mol. The Labute approximate surface area is 156 Å². The number of hydrogen-bond acceptors (Lipinski definition) is 4. The van der Waals surface area contributed by atoms with Crippen molar-refractivity contribution in [3.63, 3.8) is 0 Å². The first-order valence-electron chi connectivity index (χ1n) is 8.89. The van der Waals surface area contributed by atoms with E-state index in [1.54, 1.807) is 24.1 Å². The molecule has 0 bridgehead atoms. The Balaban J connectivity index is 1.42. The normalized spacial score (nSPS) is 17.8. The highest BCUT2D eigenvalue weighted by Gasteiger charge is 2.42. The molecule has 4 rings (SSSR count). The van der Waals surface area contributed by atoms with Gasteiger partial charge in [-0.3, -0.25) is 0 Å². The second-order valence-electron chi connectivity index (χ2n) is 6.65. The van der Waals surface area contributed by atoms with Crippen LogP contribution in [0.1, 0.15) is 18.4 Å². The maximum Gasteiger partial charge on any atom is 0.321 e. The zero-order valence-electron chi connectivity index (χ0n) is 15.0. The predicted molar refractivity (Wildman–Crippen MR) is 97.4 cm³/mol. The fourth-order valence-corrected chi connectivity index (χ4v) is 3.43. The topological polar surface area (TPSA) is 60.0 Å². The molecule has 1 saturated heterocycles. The summed E-state index contributed by atoms with van der Waals surface area (Å²) < 4.78 is 31.3. The van der Waals surface area contributed by atoms with E-state index in [1.165, 1.54) is 12.1 Å². The highest BCUT2D eigenvalue weighted by molar-refractivity contribution is 5.89. The number of amides is 2. The van der Waals surface area contributed by atoms with Gasteiger partial charge in [0.15, 0.2) is 11.5 Å². The lowest BCUT2D eigenvalue weighted by atomic mass is 10.0. The lowest BCUT2D eigenvalue weighted by Gasteiger charge is -2.44. The monoisotopic (exact) mass is 372 g/mol. The van der Waals surface area contributed by atoms with Crippen LogP contribution in [0.5, 0.6) is 11.5 Å². The standard InChI is InChI=1S/C20H21FN2O4/c1-25-17-8-4-5-14-13-26-20(27-18(14)17)9-11-23(12-10-20)19(24)22-16-7-3-2-6-15(16)21/h2-8H,9-13H2,1H3,(H,22,24). The van der Waals surface area contributed by atoms with E-state index in [-0.39, 0.29) is 11.7 Å². The molecule has 7 heteroatoms. The first-order valence-corrected chi connectivity index (χ1v) is 8.89. The molecule has 2 amide bonds. The molecular weight excluding hydrogens is 351 g/mol. The van der Waals surface area contributed by atoms with Gasteiger partial charge < -0.3 is 24.4 Å². The van der Waals surface area contributed by atoms with Crippen molar-refractivity contribution < 1.29 is 23.4 Å². The number of fused-ring (bicyclic) bond motifs is 1. The molecule has 0 aromatic heterocycles. The van der Waals surface area contributed by atoms with Crippen molar-refractivity contribution in [2.24, 2.45) is 0 Å². The smallest absolute Gasteiger partial charge is 0.321 e. The van der Waals surface area contributed by atoms with E-state index in [1.807, 2.05) is 18.2 Å². The Hall–Kier alpha value is -2.80. The highest BCUT2D eigenvalue weighted by atomic mass is 19.1. The van der Waals surface area contributed by atoms with Gasteiger partial charge in [-0.25, -0.2) is 9.18 Å². The number of rotatable bonds is 2. The minimum Gasteiger partial charge on any atom is -0.493 e. The first-order chi connectivity index (χ1) is 13.1. The molecule has 6 nitrogen and oxygen atoms in total. The molecule has 27 heavy (non-hydrogen) atoms. The number of para-hydroxylation sites is 2. The van der Waals surface area contributed by atoms with Gasteiger partial charge in [0, 0.05) is 31.5 Å². The molecule has 0 saturated carbocycles. The van der Waals surface area contributed by atoms with Crippen LogP contribution in [0.15, 0.2) is 42.5 Å². The largest absolute Gasteiger partial charge is 0.493 e. The molecule has 2 aliphatic rings. The van der Waals surface area contributed by atoms with E-state index in [2.05, 4.69) is 5.32 Å². The summed E-state index contributed by atoms with van der Waals surface area (Å²) in [4.78, 5) is 14.1. The summed E-state index contributed by atoms with van der Waals surface area (Å²) in [6.07, 6.45) is 1.05. The SMILES string of the molecule is COc1cccc2c1OC1(CCN(C(=O)Nc3ccccc3F)CC1)OC2. The van der Waals surface area contributed by atoms with E-state index >= 15 is 0 Å². The molecule has 2 aromatic rings. The van der Waals surface area contributed by atoms with Crippen LogP contribution in [0.3, 0.4) is 0 Å². The molecule has 142 valence electrons. The van der Waals surface area contributed by atoms with Crippen LogP contribution in [0, 0.1) is 5.82 Å². The van der Waals surface area contributed by atoms with Gasteiger partial charge in [0.1, 0.15) is 5.82 Å². The van der Waals surface area contributed by atoms with Gasteiger partial charge in [0.2, 0.25) is 5.79 Å². The number of likely N-dealkylation sites (tertiary alicyclic amines) is 1. The van der Waals surface area contributed by atoms with Crippen LogP contribution < -0.4 is 14.8 Å². The third-order valence-corrected chi connectivity index (χ3v) is 4.99. The van der Waals surface area contributed by atoms with Crippen molar-refractivity contribution in [2.75, 3.05) is 25.5 Å². The van der Waals surface area contributed by atoms with E-state index in [4.69, 9.17) is 14.2 Å². The van der Waals surface area contributed by atoms with Gasteiger partial charge in [-0.2, -0.15) is 0 Å². The number of methoxy groups -OCH3 is 1. The molecule has 0 aliphatic carbocycles. The Kier molecular flexibility index (Phi) is 4.61. The third-order valence-electron chi connectivity index (χ3n) is 4.99. The number of halogens is 1. The first kappa shape index (κ1) is 17.6. The second kappa shape index (κ2) is 7.08. The molecule has 2 aliphatic heterocycles. The molecule has 2 aromatic carbocycles. The van der Waals surface area contributed by atoms with E-state index in [0.29, 0.717) is 44.0 Å². The lowest BCUT2D eigenvalue weighted by molar-refractivity contribution is -0.225.